The van der Waals surface area contributed by atoms with Crippen LogP contribution in [-0.2, 0) is 21.7 Å². The van der Waals surface area contributed by atoms with E-state index < -0.39 is 0 Å². The quantitative estimate of drug-likeness (QED) is 0.177. The van der Waals surface area contributed by atoms with Gasteiger partial charge in [0.25, 0.3) is 0 Å². The maximum absolute atomic E-state index is 7.53. The van der Waals surface area contributed by atoms with Crippen LogP contribution in [0.15, 0.2) is 127 Å². The number of ether oxygens (including phenoxy) is 1. The average molecular weight is 770 g/mol. The first-order valence-corrected chi connectivity index (χ1v) is 22.6. The van der Waals surface area contributed by atoms with E-state index in [2.05, 4.69) is 174 Å². The maximum atomic E-state index is 7.53. The van der Waals surface area contributed by atoms with Crippen LogP contribution < -0.4 is 9.64 Å². The van der Waals surface area contributed by atoms with Gasteiger partial charge in [0.2, 0.25) is 0 Å². The minimum absolute atomic E-state index is 0.0118. The van der Waals surface area contributed by atoms with E-state index in [-0.39, 0.29) is 21.7 Å². The van der Waals surface area contributed by atoms with E-state index in [1.54, 1.807) is 0 Å². The van der Waals surface area contributed by atoms with Gasteiger partial charge >= 0.3 is 0 Å². The van der Waals surface area contributed by atoms with E-state index >= 15 is 0 Å². The first kappa shape index (κ1) is 34.8. The zero-order chi connectivity index (χ0) is 39.8. The van der Waals surface area contributed by atoms with Crippen LogP contribution in [0.4, 0.5) is 17.1 Å². The molecule has 6 unspecified atom stereocenters. The molecule has 0 radical (unpaired) electrons. The number of benzene rings is 6. The molecule has 6 atom stereocenters. The lowest BCUT2D eigenvalue weighted by Gasteiger charge is -2.77. The molecule has 0 aromatic heterocycles. The van der Waals surface area contributed by atoms with Gasteiger partial charge in [-0.25, -0.2) is 0 Å². The van der Waals surface area contributed by atoms with Gasteiger partial charge in [-0.1, -0.05) is 133 Å². The van der Waals surface area contributed by atoms with Gasteiger partial charge in [0, 0.05) is 27.6 Å². The molecule has 4 fully saturated rings. The van der Waals surface area contributed by atoms with Crippen LogP contribution in [0.5, 0.6) is 11.5 Å². The van der Waals surface area contributed by atoms with Crippen LogP contribution in [0.3, 0.4) is 0 Å². The molecule has 0 N–H and O–H groups in total. The van der Waals surface area contributed by atoms with E-state index in [0.29, 0.717) is 17.3 Å². The zero-order valence-corrected chi connectivity index (χ0v) is 35.5. The second-order valence-corrected chi connectivity index (χ2v) is 21.6. The van der Waals surface area contributed by atoms with E-state index in [4.69, 9.17) is 4.74 Å². The molecule has 4 saturated carbocycles. The molecule has 6 aromatic rings. The smallest absolute Gasteiger partial charge is 0.155 e. The van der Waals surface area contributed by atoms with Crippen LogP contribution in [0.2, 0.25) is 0 Å². The standard InChI is InChI=1S/C57H55NO/c1-53(2)25-26-54(3,4)51-43(53)20-14-21-46(51)58(38-23-24-40-39-17-10-11-18-41(39)55(5,6)44(40)32-38)47-30-36(35-15-8-7-9-16-35)29-45-52(47)59-48-22-13-12-19-42(48)57(45)49-28-34-27-37-31-50(57)56(37,49)33-34/h7-24,29-30,32,34,37,49-50H,25-28,31,33H2,1-6H3. The Kier molecular flexibility index (Phi) is 6.59. The predicted octanol–water partition coefficient (Wildman–Crippen LogP) is 14.9. The zero-order valence-electron chi connectivity index (χ0n) is 35.5. The molecule has 294 valence electrons. The predicted molar refractivity (Wildman–Crippen MR) is 242 cm³/mol. The Morgan fingerprint density at radius 3 is 2.08 bits per heavy atom. The minimum Gasteiger partial charge on any atom is -0.455 e. The molecule has 59 heavy (non-hydrogen) atoms. The molecule has 13 rings (SSSR count). The van der Waals surface area contributed by atoms with Gasteiger partial charge in [-0.15, -0.1) is 0 Å². The Morgan fingerprint density at radius 1 is 0.542 bits per heavy atom. The van der Waals surface area contributed by atoms with Crippen molar-refractivity contribution in [2.75, 3.05) is 4.90 Å². The van der Waals surface area contributed by atoms with Gasteiger partial charge in [0.1, 0.15) is 5.75 Å². The van der Waals surface area contributed by atoms with Crippen LogP contribution in [0.1, 0.15) is 113 Å². The van der Waals surface area contributed by atoms with Gasteiger partial charge in [0.05, 0.1) is 11.4 Å². The van der Waals surface area contributed by atoms with Crippen molar-refractivity contribution >= 4 is 17.1 Å². The summed E-state index contributed by atoms with van der Waals surface area (Å²) in [7, 11) is 0. The molecule has 6 aromatic carbocycles. The number of para-hydroxylation sites is 1. The van der Waals surface area contributed by atoms with Crippen molar-refractivity contribution in [3.05, 3.63) is 161 Å². The number of anilines is 3. The first-order valence-electron chi connectivity index (χ1n) is 22.6. The Balaban J connectivity index is 1.13. The number of hydrogen-bond acceptors (Lipinski definition) is 2. The molecular weight excluding hydrogens is 715 g/mol. The number of hydrogen-bond donors (Lipinski definition) is 0. The van der Waals surface area contributed by atoms with Crippen LogP contribution >= 0.6 is 0 Å². The molecule has 6 aliphatic carbocycles. The fraction of sp³-hybridized carbons (Fsp3) is 0.368. The van der Waals surface area contributed by atoms with E-state index in [9.17, 15) is 0 Å². The largest absolute Gasteiger partial charge is 0.455 e. The Labute approximate surface area is 350 Å². The van der Waals surface area contributed by atoms with Crippen molar-refractivity contribution in [3.63, 3.8) is 0 Å². The third-order valence-corrected chi connectivity index (χ3v) is 17.8. The first-order chi connectivity index (χ1) is 28.4. The second kappa shape index (κ2) is 11.2. The van der Waals surface area contributed by atoms with Crippen LogP contribution in [0, 0.1) is 29.1 Å². The summed E-state index contributed by atoms with van der Waals surface area (Å²) in [4.78, 5) is 2.66. The maximum Gasteiger partial charge on any atom is 0.155 e. The summed E-state index contributed by atoms with van der Waals surface area (Å²) < 4.78 is 7.53. The molecule has 2 bridgehead atoms. The molecule has 7 aliphatic rings. The lowest BCUT2D eigenvalue weighted by atomic mass is 9.26. The summed E-state index contributed by atoms with van der Waals surface area (Å²) in [5.41, 5.74) is 17.9. The summed E-state index contributed by atoms with van der Waals surface area (Å²) in [6, 6.07) is 49.1. The minimum atomic E-state index is -0.126. The van der Waals surface area contributed by atoms with Gasteiger partial charge in [0.15, 0.2) is 5.75 Å². The van der Waals surface area contributed by atoms with Crippen LogP contribution in [-0.4, -0.2) is 0 Å². The highest BCUT2D eigenvalue weighted by Crippen LogP contribution is 2.89. The summed E-state index contributed by atoms with van der Waals surface area (Å²) in [5.74, 6) is 5.25. The monoisotopic (exact) mass is 769 g/mol. The SMILES string of the molecule is CC1(C)CCC(C)(C)c2c(N(c3ccc4c(c3)C(C)(C)c3ccccc3-4)c3cc(-c4ccccc4)cc4c3Oc3ccccc3C43C4CC5CC6CC3C64C5)cccc21. The Bertz CT molecular complexity index is 2790. The summed E-state index contributed by atoms with van der Waals surface area (Å²) >= 11 is 0. The number of fused-ring (bicyclic) bond motifs is 11. The number of nitrogens with zero attached hydrogens (tertiary/aromatic N) is 1. The third kappa shape index (κ3) is 4.15. The average Bonchev–Trinajstić information content (AvgIpc) is 3.85. The molecule has 1 aliphatic heterocycles. The van der Waals surface area contributed by atoms with Crippen molar-refractivity contribution in [1.29, 1.82) is 0 Å². The number of rotatable bonds is 4. The normalized spacial score (nSPS) is 29.5. The van der Waals surface area contributed by atoms with Crippen LogP contribution in [0.25, 0.3) is 22.3 Å². The van der Waals surface area contributed by atoms with Gasteiger partial charge in [-0.3, -0.25) is 0 Å². The van der Waals surface area contributed by atoms with Gasteiger partial charge in [-0.05, 0) is 159 Å². The lowest BCUT2D eigenvalue weighted by Crippen LogP contribution is -2.74. The summed E-state index contributed by atoms with van der Waals surface area (Å²) in [6.45, 7) is 14.7. The molecule has 0 saturated heterocycles. The van der Waals surface area contributed by atoms with E-state index in [1.807, 2.05) is 0 Å². The summed E-state index contributed by atoms with van der Waals surface area (Å²) in [6.07, 6.45) is 7.93. The third-order valence-electron chi connectivity index (χ3n) is 17.8. The molecule has 2 heteroatoms. The highest BCUT2D eigenvalue weighted by Gasteiger charge is 2.84. The van der Waals surface area contributed by atoms with Gasteiger partial charge < -0.3 is 9.64 Å². The van der Waals surface area contributed by atoms with Crippen molar-refractivity contribution in [1.82, 2.24) is 0 Å². The highest BCUT2D eigenvalue weighted by atomic mass is 16.5. The van der Waals surface area contributed by atoms with Crippen molar-refractivity contribution in [2.45, 2.75) is 102 Å². The van der Waals surface area contributed by atoms with Crippen molar-refractivity contribution in [2.24, 2.45) is 29.1 Å². The summed E-state index contributed by atoms with van der Waals surface area (Å²) in [5, 5.41) is 0. The van der Waals surface area contributed by atoms with Gasteiger partial charge in [-0.2, -0.15) is 0 Å². The molecule has 0 amide bonds. The fourth-order valence-corrected chi connectivity index (χ4v) is 15.2. The highest BCUT2D eigenvalue weighted by molar-refractivity contribution is 5.91. The molecular formula is C57H55NO. The molecule has 1 heterocycles. The van der Waals surface area contributed by atoms with Crippen molar-refractivity contribution in [3.8, 4) is 33.8 Å². The Morgan fingerprint density at radius 2 is 1.25 bits per heavy atom. The van der Waals surface area contributed by atoms with E-state index in [1.165, 1.54) is 99.1 Å². The van der Waals surface area contributed by atoms with E-state index in [0.717, 1.165) is 35.4 Å². The fourth-order valence-electron chi connectivity index (χ4n) is 15.2. The Hall–Kier alpha value is -5.08. The molecule has 2 spiro atoms. The second-order valence-electron chi connectivity index (χ2n) is 21.6. The van der Waals surface area contributed by atoms with Crippen molar-refractivity contribution < 1.29 is 4.74 Å². The lowest BCUT2D eigenvalue weighted by molar-refractivity contribution is -0.235. The molecule has 2 nitrogen and oxygen atoms in total. The topological polar surface area (TPSA) is 12.5 Å².